The van der Waals surface area contributed by atoms with Gasteiger partial charge in [0.2, 0.25) is 0 Å². The fraction of sp³-hybridized carbons (Fsp3) is 0.600. The largest absolute Gasteiger partial charge is 0.379 e. The number of hydrogen-bond donors (Lipinski definition) is 1. The van der Waals surface area contributed by atoms with Gasteiger partial charge in [0.25, 0.3) is 11.5 Å². The Morgan fingerprint density at radius 3 is 2.67 bits per heavy atom. The minimum absolute atomic E-state index is 0.140. The van der Waals surface area contributed by atoms with Crippen LogP contribution in [0.1, 0.15) is 24.2 Å². The van der Waals surface area contributed by atoms with E-state index in [9.17, 15) is 9.59 Å². The van der Waals surface area contributed by atoms with Crippen molar-refractivity contribution in [1.29, 1.82) is 0 Å². The highest BCUT2D eigenvalue weighted by atomic mass is 16.5. The molecular weight excluding hydrogens is 270 g/mol. The van der Waals surface area contributed by atoms with Gasteiger partial charge < -0.3 is 14.6 Å². The van der Waals surface area contributed by atoms with Crippen molar-refractivity contribution in [3.05, 3.63) is 34.2 Å². The Kier molecular flexibility index (Phi) is 4.80. The molecule has 1 aliphatic rings. The number of nitrogens with zero attached hydrogens (tertiary/aromatic N) is 2. The Morgan fingerprint density at radius 2 is 2.05 bits per heavy atom. The van der Waals surface area contributed by atoms with E-state index < -0.39 is 0 Å². The SMILES string of the molecule is Cn1ccc(C(=O)NCC(C)(C)N2CCOCC2)cc1=O. The minimum Gasteiger partial charge on any atom is -0.379 e. The summed E-state index contributed by atoms with van der Waals surface area (Å²) in [6.07, 6.45) is 1.60. The normalized spacial score (nSPS) is 16.7. The molecular formula is C15H23N3O3. The molecule has 0 radical (unpaired) electrons. The fourth-order valence-electron chi connectivity index (χ4n) is 2.37. The second-order valence-corrected chi connectivity index (χ2v) is 5.96. The minimum atomic E-state index is -0.214. The lowest BCUT2D eigenvalue weighted by Gasteiger charge is -2.40. The Labute approximate surface area is 124 Å². The van der Waals surface area contributed by atoms with E-state index in [1.807, 2.05) is 0 Å². The maximum absolute atomic E-state index is 12.1. The van der Waals surface area contributed by atoms with Crippen LogP contribution in [0.2, 0.25) is 0 Å². The van der Waals surface area contributed by atoms with Crippen molar-refractivity contribution < 1.29 is 9.53 Å². The summed E-state index contributed by atoms with van der Waals surface area (Å²) in [5.41, 5.74) is 0.0742. The van der Waals surface area contributed by atoms with Crippen LogP contribution in [0.4, 0.5) is 0 Å². The first-order valence-corrected chi connectivity index (χ1v) is 7.18. The quantitative estimate of drug-likeness (QED) is 0.863. The van der Waals surface area contributed by atoms with E-state index in [4.69, 9.17) is 4.74 Å². The molecule has 0 aliphatic carbocycles. The first kappa shape index (κ1) is 15.7. The molecule has 0 saturated carbocycles. The smallest absolute Gasteiger partial charge is 0.251 e. The number of amides is 1. The summed E-state index contributed by atoms with van der Waals surface area (Å²) in [6, 6.07) is 3.01. The molecule has 0 atom stereocenters. The zero-order valence-electron chi connectivity index (χ0n) is 12.9. The number of aromatic nitrogens is 1. The number of carbonyl (C=O) groups is 1. The van der Waals surface area contributed by atoms with E-state index >= 15 is 0 Å². The molecule has 1 saturated heterocycles. The van der Waals surface area contributed by atoms with Crippen LogP contribution in [-0.2, 0) is 11.8 Å². The van der Waals surface area contributed by atoms with Gasteiger partial charge in [0.05, 0.1) is 13.2 Å². The van der Waals surface area contributed by atoms with E-state index in [0.717, 1.165) is 26.3 Å². The maximum Gasteiger partial charge on any atom is 0.251 e. The second kappa shape index (κ2) is 6.41. The summed E-state index contributed by atoms with van der Waals surface area (Å²) in [6.45, 7) is 7.92. The lowest BCUT2D eigenvalue weighted by molar-refractivity contribution is -0.00923. The molecule has 21 heavy (non-hydrogen) atoms. The molecule has 6 heteroatoms. The van der Waals surface area contributed by atoms with E-state index in [1.54, 1.807) is 19.3 Å². The first-order chi connectivity index (χ1) is 9.90. The first-order valence-electron chi connectivity index (χ1n) is 7.18. The molecule has 1 fully saturated rings. The van der Waals surface area contributed by atoms with Crippen molar-refractivity contribution in [3.63, 3.8) is 0 Å². The van der Waals surface area contributed by atoms with Gasteiger partial charge in [-0.05, 0) is 19.9 Å². The molecule has 0 spiro atoms. The Bertz CT molecular complexity index is 560. The number of nitrogens with one attached hydrogen (secondary N) is 1. The monoisotopic (exact) mass is 293 g/mol. The van der Waals surface area contributed by atoms with Gasteiger partial charge in [0, 0.05) is 50.0 Å². The van der Waals surface area contributed by atoms with E-state index in [1.165, 1.54) is 10.6 Å². The molecule has 2 heterocycles. The third kappa shape index (κ3) is 3.92. The third-order valence-electron chi connectivity index (χ3n) is 3.92. The highest BCUT2D eigenvalue weighted by molar-refractivity contribution is 5.94. The summed E-state index contributed by atoms with van der Waals surface area (Å²) in [4.78, 5) is 26.0. The van der Waals surface area contributed by atoms with Crippen LogP contribution in [0.15, 0.2) is 23.1 Å². The average Bonchev–Trinajstić information content (AvgIpc) is 2.48. The highest BCUT2D eigenvalue weighted by Gasteiger charge is 2.28. The van der Waals surface area contributed by atoms with Gasteiger partial charge in [-0.2, -0.15) is 0 Å². The van der Waals surface area contributed by atoms with Crippen molar-refractivity contribution in [2.75, 3.05) is 32.8 Å². The van der Waals surface area contributed by atoms with Crippen LogP contribution in [0.5, 0.6) is 0 Å². The number of ether oxygens (including phenoxy) is 1. The number of pyridine rings is 1. The van der Waals surface area contributed by atoms with Crippen molar-refractivity contribution in [2.45, 2.75) is 19.4 Å². The van der Waals surface area contributed by atoms with Crippen LogP contribution in [0.3, 0.4) is 0 Å². The van der Waals surface area contributed by atoms with Gasteiger partial charge in [-0.3, -0.25) is 14.5 Å². The van der Waals surface area contributed by atoms with Crippen LogP contribution in [-0.4, -0.2) is 53.8 Å². The van der Waals surface area contributed by atoms with Crippen LogP contribution in [0, 0.1) is 0 Å². The molecule has 1 aliphatic heterocycles. The zero-order valence-corrected chi connectivity index (χ0v) is 12.9. The van der Waals surface area contributed by atoms with Crippen LogP contribution >= 0.6 is 0 Å². The molecule has 0 unspecified atom stereocenters. The standard InChI is InChI=1S/C15H23N3O3/c1-15(2,18-6-8-21-9-7-18)11-16-14(20)12-4-5-17(3)13(19)10-12/h4-5,10H,6-9,11H2,1-3H3,(H,16,20). The Hall–Kier alpha value is -1.66. The van der Waals surface area contributed by atoms with Gasteiger partial charge in [-0.1, -0.05) is 0 Å². The fourth-order valence-corrected chi connectivity index (χ4v) is 2.37. The predicted octanol–water partition coefficient (Wildman–Crippen LogP) is 0.226. The molecule has 1 aromatic rings. The van der Waals surface area contributed by atoms with Crippen molar-refractivity contribution in [3.8, 4) is 0 Å². The van der Waals surface area contributed by atoms with Gasteiger partial charge >= 0.3 is 0 Å². The number of carbonyl (C=O) groups excluding carboxylic acids is 1. The summed E-state index contributed by atoms with van der Waals surface area (Å²) < 4.78 is 6.79. The third-order valence-corrected chi connectivity index (χ3v) is 3.92. The molecule has 0 aromatic carbocycles. The maximum atomic E-state index is 12.1. The second-order valence-electron chi connectivity index (χ2n) is 5.96. The van der Waals surface area contributed by atoms with Crippen LogP contribution in [0.25, 0.3) is 0 Å². The molecule has 1 aromatic heterocycles. The van der Waals surface area contributed by atoms with Crippen LogP contribution < -0.4 is 10.9 Å². The molecule has 116 valence electrons. The lowest BCUT2D eigenvalue weighted by Crippen LogP contribution is -2.55. The Balaban J connectivity index is 1.96. The number of hydrogen-bond acceptors (Lipinski definition) is 4. The molecule has 2 rings (SSSR count). The molecule has 0 bridgehead atoms. The van der Waals surface area contributed by atoms with E-state index in [0.29, 0.717) is 12.1 Å². The van der Waals surface area contributed by atoms with Crippen molar-refractivity contribution >= 4 is 5.91 Å². The summed E-state index contributed by atoms with van der Waals surface area (Å²) >= 11 is 0. The van der Waals surface area contributed by atoms with Crippen molar-refractivity contribution in [1.82, 2.24) is 14.8 Å². The van der Waals surface area contributed by atoms with E-state index in [2.05, 4.69) is 24.1 Å². The zero-order chi connectivity index (χ0) is 15.5. The molecule has 6 nitrogen and oxygen atoms in total. The number of aryl methyl sites for hydroxylation is 1. The molecule has 1 amide bonds. The van der Waals surface area contributed by atoms with Gasteiger partial charge in [-0.25, -0.2) is 0 Å². The van der Waals surface area contributed by atoms with Gasteiger partial charge in [0.15, 0.2) is 0 Å². The van der Waals surface area contributed by atoms with Crippen molar-refractivity contribution in [2.24, 2.45) is 7.05 Å². The highest BCUT2D eigenvalue weighted by Crippen LogP contribution is 2.15. The van der Waals surface area contributed by atoms with Gasteiger partial charge in [0.1, 0.15) is 0 Å². The topological polar surface area (TPSA) is 63.6 Å². The average molecular weight is 293 g/mol. The summed E-state index contributed by atoms with van der Waals surface area (Å²) in [5.74, 6) is -0.214. The number of morpholine rings is 1. The summed E-state index contributed by atoms with van der Waals surface area (Å²) in [7, 11) is 1.66. The predicted molar refractivity (Wildman–Crippen MR) is 80.5 cm³/mol. The van der Waals surface area contributed by atoms with E-state index in [-0.39, 0.29) is 17.0 Å². The van der Waals surface area contributed by atoms with Gasteiger partial charge in [-0.15, -0.1) is 0 Å². The number of rotatable bonds is 4. The summed E-state index contributed by atoms with van der Waals surface area (Å²) in [5, 5.41) is 2.91. The lowest BCUT2D eigenvalue weighted by atomic mass is 10.0. The molecule has 1 N–H and O–H groups in total. The Morgan fingerprint density at radius 1 is 1.38 bits per heavy atom.